The molecule has 0 heterocycles. The normalized spacial score (nSPS) is 18.8. The first-order valence-corrected chi connectivity index (χ1v) is 12.8. The van der Waals surface area contributed by atoms with Gasteiger partial charge in [0.25, 0.3) is 0 Å². The number of benzene rings is 2. The molecular formula is C28H35NO10. The van der Waals surface area contributed by atoms with Crippen molar-refractivity contribution >= 4 is 34.6 Å². The Morgan fingerprint density at radius 1 is 0.795 bits per heavy atom. The number of aromatic carboxylic acids is 1. The van der Waals surface area contributed by atoms with Crippen LogP contribution in [0.25, 0.3) is 10.8 Å². The molecule has 11 heteroatoms. The summed E-state index contributed by atoms with van der Waals surface area (Å²) >= 11 is 0. The van der Waals surface area contributed by atoms with Crippen molar-refractivity contribution in [3.8, 4) is 0 Å². The average molecular weight is 546 g/mol. The average Bonchev–Trinajstić information content (AvgIpc) is 2.92. The predicted molar refractivity (Wildman–Crippen MR) is 139 cm³/mol. The lowest BCUT2D eigenvalue weighted by molar-refractivity contribution is -0.166. The summed E-state index contributed by atoms with van der Waals surface area (Å²) in [6.07, 6.45) is 0.307. The number of carbonyl (C=O) groups is 4. The second kappa shape index (κ2) is 14.0. The van der Waals surface area contributed by atoms with E-state index in [1.807, 2.05) is 0 Å². The summed E-state index contributed by atoms with van der Waals surface area (Å²) < 4.78 is 15.6. The van der Waals surface area contributed by atoms with Crippen molar-refractivity contribution in [1.82, 2.24) is 4.90 Å². The van der Waals surface area contributed by atoms with E-state index in [0.717, 1.165) is 12.8 Å². The standard InChI is InChI=1S/C28H35NO10/c1-29(2)13-21(30)14-38-27(35)23-5-3-4-6-24(23)28(36)39-16-22(31)15-37-26(34)20-10-8-17-11-19(25(32)33)9-7-18(17)12-20/h7-12,21-24,30-31H,3-6,13-16H2,1-2H3,(H,32,33). The Morgan fingerprint density at radius 2 is 1.28 bits per heavy atom. The van der Waals surface area contributed by atoms with Gasteiger partial charge in [-0.05, 0) is 62.0 Å². The zero-order valence-electron chi connectivity index (χ0n) is 22.1. The molecule has 2 aromatic rings. The van der Waals surface area contributed by atoms with Gasteiger partial charge in [0.2, 0.25) is 0 Å². The minimum Gasteiger partial charge on any atom is -0.478 e. The summed E-state index contributed by atoms with van der Waals surface area (Å²) in [6, 6.07) is 9.16. The van der Waals surface area contributed by atoms with Crippen LogP contribution in [0.3, 0.4) is 0 Å². The molecule has 1 saturated carbocycles. The highest BCUT2D eigenvalue weighted by atomic mass is 16.6. The molecule has 1 aliphatic rings. The molecule has 0 bridgehead atoms. The zero-order valence-corrected chi connectivity index (χ0v) is 22.1. The summed E-state index contributed by atoms with van der Waals surface area (Å²) in [6.45, 7) is -0.663. The lowest BCUT2D eigenvalue weighted by Gasteiger charge is -2.29. The number of hydrogen-bond donors (Lipinski definition) is 3. The summed E-state index contributed by atoms with van der Waals surface area (Å²) in [4.78, 5) is 50.6. The van der Waals surface area contributed by atoms with Gasteiger partial charge in [-0.25, -0.2) is 9.59 Å². The molecule has 0 saturated heterocycles. The maximum Gasteiger partial charge on any atom is 0.338 e. The molecule has 4 atom stereocenters. The summed E-state index contributed by atoms with van der Waals surface area (Å²) in [5.41, 5.74) is 0.347. The van der Waals surface area contributed by atoms with E-state index in [1.165, 1.54) is 18.2 Å². The van der Waals surface area contributed by atoms with Crippen LogP contribution < -0.4 is 0 Å². The molecule has 0 spiro atoms. The predicted octanol–water partition coefficient (Wildman–Crippen LogP) is 1.87. The molecule has 212 valence electrons. The van der Waals surface area contributed by atoms with E-state index >= 15 is 0 Å². The van der Waals surface area contributed by atoms with Crippen LogP contribution in [0.4, 0.5) is 0 Å². The summed E-state index contributed by atoms with van der Waals surface area (Å²) in [7, 11) is 3.58. The van der Waals surface area contributed by atoms with Crippen molar-refractivity contribution in [2.75, 3.05) is 40.5 Å². The largest absolute Gasteiger partial charge is 0.478 e. The van der Waals surface area contributed by atoms with Gasteiger partial charge in [-0.1, -0.05) is 25.0 Å². The third-order valence-corrected chi connectivity index (χ3v) is 6.51. The molecule has 39 heavy (non-hydrogen) atoms. The Kier molecular flexibility index (Phi) is 10.8. The lowest BCUT2D eigenvalue weighted by Crippen LogP contribution is -2.38. The van der Waals surface area contributed by atoms with Crippen molar-refractivity contribution in [3.05, 3.63) is 47.5 Å². The van der Waals surface area contributed by atoms with Crippen molar-refractivity contribution in [3.63, 3.8) is 0 Å². The van der Waals surface area contributed by atoms with E-state index in [-0.39, 0.29) is 17.7 Å². The van der Waals surface area contributed by atoms with Crippen LogP contribution in [0.1, 0.15) is 46.4 Å². The van der Waals surface area contributed by atoms with Crippen molar-refractivity contribution in [2.45, 2.75) is 37.9 Å². The molecule has 0 radical (unpaired) electrons. The number of ether oxygens (including phenoxy) is 3. The number of nitrogens with zero attached hydrogens (tertiary/aromatic N) is 1. The third-order valence-electron chi connectivity index (χ3n) is 6.51. The van der Waals surface area contributed by atoms with Gasteiger partial charge in [-0.2, -0.15) is 0 Å². The Bertz CT molecular complexity index is 1180. The lowest BCUT2D eigenvalue weighted by atomic mass is 9.79. The number of carboxylic acids is 1. The van der Waals surface area contributed by atoms with Crippen LogP contribution in [0.5, 0.6) is 0 Å². The fourth-order valence-electron chi connectivity index (χ4n) is 4.55. The molecule has 11 nitrogen and oxygen atoms in total. The molecule has 3 rings (SSSR count). The van der Waals surface area contributed by atoms with Crippen LogP contribution in [0.15, 0.2) is 36.4 Å². The number of hydrogen-bond acceptors (Lipinski definition) is 10. The van der Waals surface area contributed by atoms with Gasteiger partial charge < -0.3 is 34.4 Å². The van der Waals surface area contributed by atoms with Crippen LogP contribution >= 0.6 is 0 Å². The highest BCUT2D eigenvalue weighted by Gasteiger charge is 2.38. The summed E-state index contributed by atoms with van der Waals surface area (Å²) in [5, 5.41) is 30.5. The molecular weight excluding hydrogens is 510 g/mol. The first-order valence-electron chi connectivity index (χ1n) is 12.8. The second-order valence-electron chi connectivity index (χ2n) is 10.0. The number of fused-ring (bicyclic) bond motifs is 1. The van der Waals surface area contributed by atoms with E-state index in [9.17, 15) is 29.4 Å². The number of esters is 3. The van der Waals surface area contributed by atoms with E-state index < -0.39 is 61.1 Å². The van der Waals surface area contributed by atoms with Crippen molar-refractivity contribution in [1.29, 1.82) is 0 Å². The fraction of sp³-hybridized carbons (Fsp3) is 0.500. The molecule has 0 aliphatic heterocycles. The maximum absolute atomic E-state index is 12.7. The Hall–Kier alpha value is -3.54. The molecule has 0 amide bonds. The summed E-state index contributed by atoms with van der Waals surface area (Å²) in [5.74, 6) is -4.34. The number of likely N-dealkylation sites (N-methyl/N-ethyl adjacent to an activating group) is 1. The number of aliphatic hydroxyl groups excluding tert-OH is 2. The Labute approximate surface area is 226 Å². The molecule has 1 aliphatic carbocycles. The van der Waals surface area contributed by atoms with Crippen molar-refractivity contribution in [2.24, 2.45) is 11.8 Å². The van der Waals surface area contributed by atoms with E-state index in [1.54, 1.807) is 37.2 Å². The molecule has 1 fully saturated rings. The first-order chi connectivity index (χ1) is 18.5. The van der Waals surface area contributed by atoms with E-state index in [2.05, 4.69) is 0 Å². The number of carboxylic acid groups (broad SMARTS) is 1. The smallest absolute Gasteiger partial charge is 0.338 e. The van der Waals surface area contributed by atoms with Crippen LogP contribution in [0.2, 0.25) is 0 Å². The Morgan fingerprint density at radius 3 is 1.82 bits per heavy atom. The van der Waals surface area contributed by atoms with Crippen LogP contribution in [-0.4, -0.2) is 96.8 Å². The maximum atomic E-state index is 12.7. The van der Waals surface area contributed by atoms with Gasteiger partial charge in [0.05, 0.1) is 23.0 Å². The number of carbonyl (C=O) groups excluding carboxylic acids is 3. The molecule has 3 N–H and O–H groups in total. The van der Waals surface area contributed by atoms with Gasteiger partial charge in [0.1, 0.15) is 32.0 Å². The van der Waals surface area contributed by atoms with Gasteiger partial charge in [0.15, 0.2) is 0 Å². The highest BCUT2D eigenvalue weighted by molar-refractivity contribution is 5.98. The number of aliphatic hydroxyl groups is 2. The SMILES string of the molecule is CN(C)CC(O)COC(=O)C1CCCCC1C(=O)OCC(O)COC(=O)c1ccc2cc(C(=O)O)ccc2c1. The van der Waals surface area contributed by atoms with Crippen molar-refractivity contribution < 1.29 is 48.7 Å². The minimum atomic E-state index is -1.27. The second-order valence-corrected chi connectivity index (χ2v) is 10.0. The van der Waals surface area contributed by atoms with Gasteiger partial charge in [-0.3, -0.25) is 9.59 Å². The van der Waals surface area contributed by atoms with Crippen LogP contribution in [0, 0.1) is 11.8 Å². The zero-order chi connectivity index (χ0) is 28.5. The first kappa shape index (κ1) is 30.0. The molecule has 2 aromatic carbocycles. The van der Waals surface area contributed by atoms with E-state index in [4.69, 9.17) is 19.3 Å². The van der Waals surface area contributed by atoms with Gasteiger partial charge >= 0.3 is 23.9 Å². The fourth-order valence-corrected chi connectivity index (χ4v) is 4.55. The molecule has 4 unspecified atom stereocenters. The monoisotopic (exact) mass is 545 g/mol. The Balaban J connectivity index is 1.47. The highest BCUT2D eigenvalue weighted by Crippen LogP contribution is 2.32. The number of rotatable bonds is 12. The minimum absolute atomic E-state index is 0.130. The van der Waals surface area contributed by atoms with Crippen LogP contribution in [-0.2, 0) is 23.8 Å². The van der Waals surface area contributed by atoms with Gasteiger partial charge in [0, 0.05) is 6.54 Å². The van der Waals surface area contributed by atoms with Gasteiger partial charge in [-0.15, -0.1) is 0 Å². The third kappa shape index (κ3) is 8.74. The topological polar surface area (TPSA) is 160 Å². The van der Waals surface area contributed by atoms with E-state index in [0.29, 0.717) is 30.2 Å². The quantitative estimate of drug-likeness (QED) is 0.264. The molecule has 0 aromatic heterocycles.